The Morgan fingerprint density at radius 2 is 0.778 bits per heavy atom. The molecule has 366 valence electrons. The number of carbonyl (C=O) groups is 4. The molecule has 6 aromatic carbocycles. The van der Waals surface area contributed by atoms with Gasteiger partial charge >= 0.3 is 23.2 Å². The highest BCUT2D eigenvalue weighted by Crippen LogP contribution is 2.34. The standard InChI is InChI=1S/C58H48F2O12/c59-41-19-15-39(16-20-41)51(61)27-13-37-9-23-43(24-10-37)67-29-5-1-3-7-31-69-45-33-47-48-34-46(36-50-54(48)58(66)72-57(65)53(47)49(35-45)55(63)71-56(50)64)70-32-8-4-2-6-30-68-44-25-11-38(12-26-44)14-28-52(62)40-17-21-42(60)22-18-40/h9-28,33-36H,1-8,29-32H2. The van der Waals surface area contributed by atoms with E-state index in [1.54, 1.807) is 24.3 Å². The molecule has 7 aromatic rings. The summed E-state index contributed by atoms with van der Waals surface area (Å²) in [5.41, 5.74) is -0.274. The van der Waals surface area contributed by atoms with Crippen LogP contribution >= 0.6 is 0 Å². The average Bonchev–Trinajstić information content (AvgIpc) is 3.48. The summed E-state index contributed by atoms with van der Waals surface area (Å²) in [6.45, 7) is 1.50. The summed E-state index contributed by atoms with van der Waals surface area (Å²) in [5.74, 6) is -1.64. The Balaban J connectivity index is 0.805. The molecule has 0 aliphatic carbocycles. The second-order valence-electron chi connectivity index (χ2n) is 16.9. The van der Waals surface area contributed by atoms with Gasteiger partial charge in [0.25, 0.3) is 0 Å². The van der Waals surface area contributed by atoms with Crippen LogP contribution in [0, 0.1) is 11.6 Å². The topological polar surface area (TPSA) is 162 Å². The van der Waals surface area contributed by atoms with Gasteiger partial charge in [0.15, 0.2) is 11.6 Å². The van der Waals surface area contributed by atoms with E-state index in [4.69, 9.17) is 28.1 Å². The highest BCUT2D eigenvalue weighted by molar-refractivity contribution is 6.21. The molecule has 0 fully saturated rings. The van der Waals surface area contributed by atoms with Crippen LogP contribution in [0.3, 0.4) is 0 Å². The SMILES string of the molecule is O=C(C=Cc1ccc(OCCCCCCOc2cc3c4c(=O)oc(=O)c5c(cc(OCCCCCCOc6ccc(C=CC(=O)c7ccc(F)cc7)cc6)cc5c4c2)C(=O)OC3=O)cc1)c1ccc(F)cc1. The summed E-state index contributed by atoms with van der Waals surface area (Å²) in [6, 6.07) is 31.1. The largest absolute Gasteiger partial charge is 0.494 e. The van der Waals surface area contributed by atoms with Gasteiger partial charge in [-0.15, -0.1) is 0 Å². The number of ether oxygens (including phenoxy) is 5. The summed E-state index contributed by atoms with van der Waals surface area (Å²) in [7, 11) is 0. The maximum Gasteiger partial charge on any atom is 0.347 e. The Bertz CT molecular complexity index is 3070. The highest BCUT2D eigenvalue weighted by atomic mass is 19.1. The minimum Gasteiger partial charge on any atom is -0.494 e. The summed E-state index contributed by atoms with van der Waals surface area (Å²) in [5, 5.41) is -0.139. The van der Waals surface area contributed by atoms with Crippen molar-refractivity contribution in [1.82, 2.24) is 0 Å². The predicted octanol–water partition coefficient (Wildman–Crippen LogP) is 11.7. The van der Waals surface area contributed by atoms with Crippen molar-refractivity contribution in [1.29, 1.82) is 0 Å². The van der Waals surface area contributed by atoms with Crippen LogP contribution in [0.1, 0.15) is 104 Å². The van der Waals surface area contributed by atoms with E-state index in [1.165, 1.54) is 72.8 Å². The van der Waals surface area contributed by atoms with Gasteiger partial charge < -0.3 is 28.1 Å². The van der Waals surface area contributed by atoms with Gasteiger partial charge in [-0.2, -0.15) is 0 Å². The Labute approximate surface area is 412 Å². The van der Waals surface area contributed by atoms with Gasteiger partial charge in [-0.3, -0.25) is 9.59 Å². The number of benzene rings is 6. The lowest BCUT2D eigenvalue weighted by Crippen LogP contribution is -2.18. The van der Waals surface area contributed by atoms with Gasteiger partial charge in [0, 0.05) is 21.9 Å². The quantitative estimate of drug-likeness (QED) is 0.0185. The number of cyclic esters (lactones) is 2. The first-order chi connectivity index (χ1) is 35.0. The first-order valence-corrected chi connectivity index (χ1v) is 23.6. The minimum absolute atomic E-state index is 0.162. The Kier molecular flexibility index (Phi) is 16.5. The third-order valence-electron chi connectivity index (χ3n) is 11.8. The Morgan fingerprint density at radius 1 is 0.431 bits per heavy atom. The molecular weight excluding hydrogens is 927 g/mol. The molecule has 8 rings (SSSR count). The molecule has 72 heavy (non-hydrogen) atoms. The fraction of sp³-hybridized carbons (Fsp3) is 0.207. The van der Waals surface area contributed by atoms with E-state index >= 15 is 0 Å². The second-order valence-corrected chi connectivity index (χ2v) is 16.9. The van der Waals surface area contributed by atoms with Crippen molar-refractivity contribution in [2.75, 3.05) is 26.4 Å². The molecule has 0 amide bonds. The number of allylic oxidation sites excluding steroid dienone is 2. The smallest absolute Gasteiger partial charge is 0.347 e. The van der Waals surface area contributed by atoms with Gasteiger partial charge in [0.05, 0.1) is 48.3 Å². The molecule has 6 bridgehead atoms. The molecule has 0 atom stereocenters. The van der Waals surface area contributed by atoms with Gasteiger partial charge in [0.2, 0.25) is 0 Å². The lowest BCUT2D eigenvalue weighted by Gasteiger charge is -2.10. The van der Waals surface area contributed by atoms with E-state index in [9.17, 15) is 37.5 Å². The van der Waals surface area contributed by atoms with Crippen LogP contribution in [0.25, 0.3) is 33.7 Å². The Morgan fingerprint density at radius 3 is 1.14 bits per heavy atom. The van der Waals surface area contributed by atoms with Crippen LogP contribution in [-0.2, 0) is 4.74 Å². The van der Waals surface area contributed by atoms with Crippen LogP contribution in [0.4, 0.5) is 8.78 Å². The van der Waals surface area contributed by atoms with Gasteiger partial charge in [0.1, 0.15) is 34.6 Å². The zero-order chi connectivity index (χ0) is 50.4. The van der Waals surface area contributed by atoms with Crippen molar-refractivity contribution in [2.24, 2.45) is 0 Å². The maximum absolute atomic E-state index is 13.4. The van der Waals surface area contributed by atoms with Crippen molar-refractivity contribution >= 4 is 57.2 Å². The zero-order valence-electron chi connectivity index (χ0n) is 39.0. The van der Waals surface area contributed by atoms with Crippen LogP contribution in [0.5, 0.6) is 23.0 Å². The fourth-order valence-corrected chi connectivity index (χ4v) is 7.96. The van der Waals surface area contributed by atoms with Crippen LogP contribution in [0.15, 0.2) is 147 Å². The number of esters is 2. The van der Waals surface area contributed by atoms with E-state index in [1.807, 2.05) is 48.5 Å². The molecule has 0 N–H and O–H groups in total. The van der Waals surface area contributed by atoms with Crippen LogP contribution in [-0.4, -0.2) is 49.9 Å². The highest BCUT2D eigenvalue weighted by Gasteiger charge is 2.28. The van der Waals surface area contributed by atoms with Crippen molar-refractivity contribution in [2.45, 2.75) is 51.4 Å². The monoisotopic (exact) mass is 974 g/mol. The maximum atomic E-state index is 13.4. The first kappa shape index (κ1) is 49.9. The van der Waals surface area contributed by atoms with Crippen molar-refractivity contribution in [3.05, 3.63) is 199 Å². The Hall–Kier alpha value is -8.52. The summed E-state index contributed by atoms with van der Waals surface area (Å²) < 4.78 is 60.6. The van der Waals surface area contributed by atoms with E-state index in [0.717, 1.165) is 49.7 Å². The van der Waals surface area contributed by atoms with E-state index in [-0.39, 0.29) is 69.0 Å². The van der Waals surface area contributed by atoms with E-state index < -0.39 is 34.8 Å². The molecule has 1 aliphatic heterocycles. The summed E-state index contributed by atoms with van der Waals surface area (Å²) in [4.78, 5) is 78.2. The predicted molar refractivity (Wildman–Crippen MR) is 267 cm³/mol. The van der Waals surface area contributed by atoms with Crippen molar-refractivity contribution < 1.29 is 56.1 Å². The summed E-state index contributed by atoms with van der Waals surface area (Å²) in [6.07, 6.45) is 12.4. The molecule has 12 nitrogen and oxygen atoms in total. The molecule has 0 saturated heterocycles. The number of hydrogen-bond acceptors (Lipinski definition) is 12. The van der Waals surface area contributed by atoms with Crippen molar-refractivity contribution in [3.8, 4) is 23.0 Å². The van der Waals surface area contributed by atoms with Crippen molar-refractivity contribution in [3.63, 3.8) is 0 Å². The fourth-order valence-electron chi connectivity index (χ4n) is 7.96. The number of hydrogen-bond donors (Lipinski definition) is 0. The molecule has 0 unspecified atom stereocenters. The first-order valence-electron chi connectivity index (χ1n) is 23.6. The molecule has 14 heteroatoms. The van der Waals surface area contributed by atoms with Gasteiger partial charge in [-0.05, 0) is 172 Å². The molecule has 1 aliphatic rings. The molecule has 0 saturated carbocycles. The van der Waals surface area contributed by atoms with Crippen LogP contribution in [0.2, 0.25) is 0 Å². The molecule has 2 heterocycles. The lowest BCUT2D eigenvalue weighted by atomic mass is 10.0. The summed E-state index contributed by atoms with van der Waals surface area (Å²) >= 11 is 0. The van der Waals surface area contributed by atoms with E-state index in [2.05, 4.69) is 0 Å². The van der Waals surface area contributed by atoms with Gasteiger partial charge in [-0.25, -0.2) is 28.0 Å². The van der Waals surface area contributed by atoms with Crippen LogP contribution < -0.4 is 30.2 Å². The third-order valence-corrected chi connectivity index (χ3v) is 11.8. The number of unbranched alkanes of at least 4 members (excludes halogenated alkanes) is 6. The number of halogens is 2. The molecule has 0 radical (unpaired) electrons. The average molecular weight is 975 g/mol. The lowest BCUT2D eigenvalue weighted by molar-refractivity contribution is 0.0399. The van der Waals surface area contributed by atoms with E-state index in [0.29, 0.717) is 48.7 Å². The molecule has 0 spiro atoms. The number of carbonyl (C=O) groups excluding carboxylic acids is 4. The zero-order valence-corrected chi connectivity index (χ0v) is 39.0. The third kappa shape index (κ3) is 13.0. The number of rotatable bonds is 24. The molecular formula is C58H48F2O12. The number of ketones is 2. The second kappa shape index (κ2) is 23.9. The molecule has 1 aromatic heterocycles. The normalized spacial score (nSPS) is 12.1. The van der Waals surface area contributed by atoms with Gasteiger partial charge in [-0.1, -0.05) is 36.4 Å². The minimum atomic E-state index is -1.10.